The molecule has 4 rings (SSSR count). The molecular formula is C30H49N3O. The zero-order valence-corrected chi connectivity index (χ0v) is 22.6. The standard InChI is InChI=1S/C30H49N3O/c1-7-21(19(2)3)9-8-20(4)25-12-13-26-24-11-10-22-18-23(32-33-28(31)34)14-16-29(22,5)27(24)15-17-30(25,26)6/h8-10,19-21,24-27H,7,11-18H2,1-6H3,(H3,31,33,34)/b9-8+,32-23+. The summed E-state index contributed by atoms with van der Waals surface area (Å²) in [7, 11) is 0. The zero-order valence-electron chi connectivity index (χ0n) is 22.6. The number of nitrogens with zero attached hydrogens (tertiary/aromatic N) is 1. The summed E-state index contributed by atoms with van der Waals surface area (Å²) in [6.45, 7) is 14.7. The maximum Gasteiger partial charge on any atom is 0.332 e. The van der Waals surface area contributed by atoms with Gasteiger partial charge in [-0.05, 0) is 104 Å². The fraction of sp³-hybridized carbons (Fsp3) is 0.800. The first kappa shape index (κ1) is 25.5. The van der Waals surface area contributed by atoms with Crippen molar-refractivity contribution in [3.63, 3.8) is 0 Å². The SMILES string of the molecule is CCC(/C=C/C(C)C1CCC2C3CC=C4C/C(=N/NC(N)=O)CCC4(C)C3CCC12C)C(C)C. The minimum Gasteiger partial charge on any atom is -0.350 e. The quantitative estimate of drug-likeness (QED) is 0.309. The van der Waals surface area contributed by atoms with Crippen molar-refractivity contribution in [1.82, 2.24) is 5.43 Å². The molecule has 3 saturated carbocycles. The minimum atomic E-state index is -0.570. The van der Waals surface area contributed by atoms with Crippen LogP contribution < -0.4 is 11.2 Å². The summed E-state index contributed by atoms with van der Waals surface area (Å²) in [5.41, 5.74) is 11.1. The number of fused-ring (bicyclic) bond motifs is 5. The van der Waals surface area contributed by atoms with Gasteiger partial charge in [0, 0.05) is 12.1 Å². The molecule has 0 aromatic carbocycles. The van der Waals surface area contributed by atoms with Gasteiger partial charge in [0.05, 0.1) is 0 Å². The van der Waals surface area contributed by atoms with Crippen LogP contribution in [0.4, 0.5) is 4.79 Å². The predicted molar refractivity (Wildman–Crippen MR) is 142 cm³/mol. The van der Waals surface area contributed by atoms with Gasteiger partial charge < -0.3 is 5.73 Å². The van der Waals surface area contributed by atoms with E-state index in [1.165, 1.54) is 38.5 Å². The van der Waals surface area contributed by atoms with Crippen LogP contribution >= 0.6 is 0 Å². The number of primary amides is 1. The van der Waals surface area contributed by atoms with Gasteiger partial charge in [0.1, 0.15) is 0 Å². The van der Waals surface area contributed by atoms with Gasteiger partial charge in [0.25, 0.3) is 0 Å². The van der Waals surface area contributed by atoms with Crippen LogP contribution in [0.15, 0.2) is 28.9 Å². The fourth-order valence-electron chi connectivity index (χ4n) is 8.90. The lowest BCUT2D eigenvalue weighted by Gasteiger charge is -2.58. The van der Waals surface area contributed by atoms with Crippen molar-refractivity contribution < 1.29 is 4.79 Å². The second-order valence-electron chi connectivity index (χ2n) is 12.9. The Hall–Kier alpha value is -1.58. The third-order valence-electron chi connectivity index (χ3n) is 11.0. The van der Waals surface area contributed by atoms with E-state index in [1.807, 2.05) is 0 Å². The molecule has 4 aliphatic rings. The first-order valence-electron chi connectivity index (χ1n) is 14.1. The Kier molecular flexibility index (Phi) is 7.37. The number of hydrogen-bond acceptors (Lipinski definition) is 2. The molecule has 8 atom stereocenters. The molecule has 3 N–H and O–H groups in total. The predicted octanol–water partition coefficient (Wildman–Crippen LogP) is 7.46. The maximum atomic E-state index is 11.1. The van der Waals surface area contributed by atoms with E-state index >= 15 is 0 Å². The Morgan fingerprint density at radius 3 is 2.62 bits per heavy atom. The molecule has 0 aromatic heterocycles. The molecule has 0 radical (unpaired) electrons. The largest absolute Gasteiger partial charge is 0.350 e. The van der Waals surface area contributed by atoms with Crippen LogP contribution in [0.2, 0.25) is 0 Å². The number of carbonyl (C=O) groups excluding carboxylic acids is 1. The van der Waals surface area contributed by atoms with E-state index in [4.69, 9.17) is 5.73 Å². The van der Waals surface area contributed by atoms with Crippen molar-refractivity contribution in [3.05, 3.63) is 23.8 Å². The molecule has 4 nitrogen and oxygen atoms in total. The smallest absolute Gasteiger partial charge is 0.332 e. The second-order valence-corrected chi connectivity index (χ2v) is 12.9. The first-order chi connectivity index (χ1) is 16.1. The Labute approximate surface area is 208 Å². The normalized spacial score (nSPS) is 40.4. The van der Waals surface area contributed by atoms with Crippen LogP contribution in [0, 0.1) is 52.3 Å². The number of allylic oxidation sites excluding steroid dienone is 4. The third-order valence-corrected chi connectivity index (χ3v) is 11.0. The molecule has 0 saturated heterocycles. The lowest BCUT2D eigenvalue weighted by atomic mass is 9.47. The number of hydrazone groups is 1. The van der Waals surface area contributed by atoms with Crippen LogP contribution in [-0.4, -0.2) is 11.7 Å². The summed E-state index contributed by atoms with van der Waals surface area (Å²) >= 11 is 0. The second kappa shape index (κ2) is 9.82. The maximum absolute atomic E-state index is 11.1. The van der Waals surface area contributed by atoms with Gasteiger partial charge in [0.2, 0.25) is 0 Å². The van der Waals surface area contributed by atoms with Gasteiger partial charge in [-0.1, -0.05) is 65.3 Å². The van der Waals surface area contributed by atoms with Crippen molar-refractivity contribution in [2.75, 3.05) is 0 Å². The molecule has 0 aromatic rings. The number of hydrogen-bond donors (Lipinski definition) is 2. The molecule has 0 aliphatic heterocycles. The van der Waals surface area contributed by atoms with Crippen LogP contribution in [0.1, 0.15) is 99.3 Å². The van der Waals surface area contributed by atoms with E-state index in [1.54, 1.807) is 5.57 Å². The molecule has 2 amide bonds. The van der Waals surface area contributed by atoms with Gasteiger partial charge >= 0.3 is 6.03 Å². The highest BCUT2D eigenvalue weighted by Gasteiger charge is 2.58. The van der Waals surface area contributed by atoms with Crippen LogP contribution in [-0.2, 0) is 0 Å². The number of nitrogens with one attached hydrogen (secondary N) is 1. The highest BCUT2D eigenvalue weighted by Crippen LogP contribution is 2.67. The monoisotopic (exact) mass is 467 g/mol. The molecule has 0 bridgehead atoms. The van der Waals surface area contributed by atoms with E-state index in [2.05, 4.69) is 70.3 Å². The third kappa shape index (κ3) is 4.51. The van der Waals surface area contributed by atoms with Gasteiger partial charge in [-0.15, -0.1) is 0 Å². The highest BCUT2D eigenvalue weighted by molar-refractivity contribution is 5.89. The van der Waals surface area contributed by atoms with Crippen LogP contribution in [0.25, 0.3) is 0 Å². The van der Waals surface area contributed by atoms with Crippen molar-refractivity contribution in [2.24, 2.45) is 63.1 Å². The van der Waals surface area contributed by atoms with Gasteiger partial charge in [-0.2, -0.15) is 5.10 Å². The average Bonchev–Trinajstić information content (AvgIpc) is 3.15. The highest BCUT2D eigenvalue weighted by atomic mass is 16.2. The molecule has 0 spiro atoms. The molecule has 4 heteroatoms. The molecule has 190 valence electrons. The molecule has 0 heterocycles. The summed E-state index contributed by atoms with van der Waals surface area (Å²) in [4.78, 5) is 11.1. The van der Waals surface area contributed by atoms with E-state index < -0.39 is 6.03 Å². The summed E-state index contributed by atoms with van der Waals surface area (Å²) in [5, 5.41) is 4.29. The number of rotatable bonds is 6. The Morgan fingerprint density at radius 1 is 1.18 bits per heavy atom. The molecule has 34 heavy (non-hydrogen) atoms. The summed E-state index contributed by atoms with van der Waals surface area (Å²) in [5.74, 6) is 5.43. The fourth-order valence-corrected chi connectivity index (χ4v) is 8.90. The van der Waals surface area contributed by atoms with Crippen molar-refractivity contribution >= 4 is 11.7 Å². The van der Waals surface area contributed by atoms with Gasteiger partial charge in [-0.3, -0.25) is 0 Å². The first-order valence-corrected chi connectivity index (χ1v) is 14.1. The molecular weight excluding hydrogens is 418 g/mol. The van der Waals surface area contributed by atoms with E-state index in [0.717, 1.165) is 54.6 Å². The lowest BCUT2D eigenvalue weighted by Crippen LogP contribution is -2.50. The Balaban J connectivity index is 1.50. The van der Waals surface area contributed by atoms with Crippen molar-refractivity contribution in [3.8, 4) is 0 Å². The lowest BCUT2D eigenvalue weighted by molar-refractivity contribution is -0.0428. The molecule has 8 unspecified atom stereocenters. The van der Waals surface area contributed by atoms with Gasteiger partial charge in [-0.25, -0.2) is 10.2 Å². The van der Waals surface area contributed by atoms with Crippen LogP contribution in [0.5, 0.6) is 0 Å². The summed E-state index contributed by atoms with van der Waals surface area (Å²) < 4.78 is 0. The Morgan fingerprint density at radius 2 is 1.94 bits per heavy atom. The Bertz CT molecular complexity index is 857. The van der Waals surface area contributed by atoms with E-state index in [9.17, 15) is 4.79 Å². The summed E-state index contributed by atoms with van der Waals surface area (Å²) in [6, 6.07) is -0.570. The number of carbonyl (C=O) groups is 1. The topological polar surface area (TPSA) is 67.5 Å². The number of nitrogens with two attached hydrogens (primary N) is 1. The summed E-state index contributed by atoms with van der Waals surface area (Å²) in [6.07, 6.45) is 18.8. The van der Waals surface area contributed by atoms with E-state index in [-0.39, 0.29) is 0 Å². The number of amides is 2. The minimum absolute atomic E-state index is 0.297. The number of urea groups is 1. The van der Waals surface area contributed by atoms with Crippen LogP contribution in [0.3, 0.4) is 0 Å². The molecule has 4 aliphatic carbocycles. The van der Waals surface area contributed by atoms with E-state index in [0.29, 0.717) is 22.7 Å². The van der Waals surface area contributed by atoms with Gasteiger partial charge in [0.15, 0.2) is 0 Å². The molecule has 3 fully saturated rings. The van der Waals surface area contributed by atoms with Crippen molar-refractivity contribution in [2.45, 2.75) is 99.3 Å². The average molecular weight is 468 g/mol. The van der Waals surface area contributed by atoms with Crippen molar-refractivity contribution in [1.29, 1.82) is 0 Å². The zero-order chi connectivity index (χ0) is 24.7.